The van der Waals surface area contributed by atoms with E-state index in [9.17, 15) is 17.6 Å². The molecule has 0 aromatic heterocycles. The summed E-state index contributed by atoms with van der Waals surface area (Å²) in [4.78, 5) is 0. The van der Waals surface area contributed by atoms with Gasteiger partial charge in [0.05, 0.1) is 5.56 Å². The van der Waals surface area contributed by atoms with Gasteiger partial charge < -0.3 is 0 Å². The largest absolute Gasteiger partial charge is 0.419 e. The quantitative estimate of drug-likeness (QED) is 0.551. The standard InChI is InChI=1S/C11H9BrF4/c1-7(6-12)4-8-2-3-10(13)9(5-8)11(14,15)16/h2-5H,6H2,1H3/b7-4-. The van der Waals surface area contributed by atoms with Crippen LogP contribution in [-0.2, 0) is 6.18 Å². The first-order valence-electron chi connectivity index (χ1n) is 4.44. The molecule has 0 radical (unpaired) electrons. The zero-order valence-corrected chi connectivity index (χ0v) is 9.99. The lowest BCUT2D eigenvalue weighted by molar-refractivity contribution is -0.140. The van der Waals surface area contributed by atoms with Crippen LogP contribution in [-0.4, -0.2) is 5.33 Å². The van der Waals surface area contributed by atoms with Crippen LogP contribution in [0.3, 0.4) is 0 Å². The van der Waals surface area contributed by atoms with Gasteiger partial charge in [-0.05, 0) is 24.6 Å². The molecule has 0 saturated carbocycles. The van der Waals surface area contributed by atoms with E-state index < -0.39 is 17.6 Å². The second-order valence-electron chi connectivity index (χ2n) is 3.36. The zero-order valence-electron chi connectivity index (χ0n) is 8.41. The van der Waals surface area contributed by atoms with Crippen molar-refractivity contribution in [3.63, 3.8) is 0 Å². The molecule has 0 spiro atoms. The third-order valence-corrected chi connectivity index (χ3v) is 2.80. The first-order valence-corrected chi connectivity index (χ1v) is 5.56. The van der Waals surface area contributed by atoms with Gasteiger partial charge in [-0.1, -0.05) is 33.6 Å². The molecule has 0 fully saturated rings. The minimum Gasteiger partial charge on any atom is -0.206 e. The first kappa shape index (κ1) is 13.2. The maximum absolute atomic E-state index is 12.9. The summed E-state index contributed by atoms with van der Waals surface area (Å²) in [6, 6.07) is 2.95. The Kier molecular flexibility index (Phi) is 4.13. The normalized spacial score (nSPS) is 13.0. The number of hydrogen-bond acceptors (Lipinski definition) is 0. The van der Waals surface area contributed by atoms with E-state index in [4.69, 9.17) is 0 Å². The minimum absolute atomic E-state index is 0.339. The molecule has 5 heteroatoms. The molecule has 1 rings (SSSR count). The third kappa shape index (κ3) is 3.33. The summed E-state index contributed by atoms with van der Waals surface area (Å²) in [6.07, 6.45) is -3.08. The Morgan fingerprint density at radius 3 is 2.50 bits per heavy atom. The smallest absolute Gasteiger partial charge is 0.206 e. The van der Waals surface area contributed by atoms with E-state index in [1.807, 2.05) is 0 Å². The summed E-state index contributed by atoms with van der Waals surface area (Å²) in [6.45, 7) is 1.77. The molecule has 0 N–H and O–H groups in total. The minimum atomic E-state index is -4.66. The predicted molar refractivity (Wildman–Crippen MR) is 58.8 cm³/mol. The number of rotatable bonds is 2. The number of allylic oxidation sites excluding steroid dienone is 1. The average Bonchev–Trinajstić information content (AvgIpc) is 2.19. The molecule has 0 nitrogen and oxygen atoms in total. The lowest BCUT2D eigenvalue weighted by atomic mass is 10.1. The second-order valence-corrected chi connectivity index (χ2v) is 3.92. The van der Waals surface area contributed by atoms with Crippen LogP contribution in [0.2, 0.25) is 0 Å². The van der Waals surface area contributed by atoms with E-state index in [-0.39, 0.29) is 0 Å². The molecule has 0 bridgehead atoms. The molecule has 0 atom stereocenters. The molecule has 1 aromatic carbocycles. The Morgan fingerprint density at radius 1 is 1.38 bits per heavy atom. The van der Waals surface area contributed by atoms with Crippen molar-refractivity contribution in [3.8, 4) is 0 Å². The maximum Gasteiger partial charge on any atom is 0.419 e. The lowest BCUT2D eigenvalue weighted by Crippen LogP contribution is -2.08. The van der Waals surface area contributed by atoms with Crippen LogP contribution in [0, 0.1) is 5.82 Å². The van der Waals surface area contributed by atoms with Gasteiger partial charge in [-0.3, -0.25) is 0 Å². The molecular weight excluding hydrogens is 288 g/mol. The van der Waals surface area contributed by atoms with E-state index in [1.54, 1.807) is 13.0 Å². The molecular formula is C11H9BrF4. The third-order valence-electron chi connectivity index (χ3n) is 1.92. The van der Waals surface area contributed by atoms with Gasteiger partial charge in [-0.2, -0.15) is 13.2 Å². The Morgan fingerprint density at radius 2 is 2.00 bits per heavy atom. The van der Waals surface area contributed by atoms with E-state index in [2.05, 4.69) is 15.9 Å². The Balaban J connectivity index is 3.18. The highest BCUT2D eigenvalue weighted by atomic mass is 79.9. The molecule has 0 saturated heterocycles. The van der Waals surface area contributed by atoms with Crippen molar-refractivity contribution in [3.05, 3.63) is 40.7 Å². The maximum atomic E-state index is 12.9. The van der Waals surface area contributed by atoms with Gasteiger partial charge in [-0.15, -0.1) is 0 Å². The van der Waals surface area contributed by atoms with Crippen molar-refractivity contribution in [2.24, 2.45) is 0 Å². The summed E-state index contributed by atoms with van der Waals surface area (Å²) in [5, 5.41) is 0.561. The Hall–Kier alpha value is -0.840. The van der Waals surface area contributed by atoms with Gasteiger partial charge in [0.25, 0.3) is 0 Å². The van der Waals surface area contributed by atoms with Crippen LogP contribution in [0.1, 0.15) is 18.1 Å². The average molecular weight is 297 g/mol. The molecule has 1 aromatic rings. The van der Waals surface area contributed by atoms with Gasteiger partial charge in [-0.25, -0.2) is 4.39 Å². The fourth-order valence-electron chi connectivity index (χ4n) is 1.17. The topological polar surface area (TPSA) is 0 Å². The van der Waals surface area contributed by atoms with Gasteiger partial charge in [0, 0.05) is 5.33 Å². The molecule has 0 aliphatic heterocycles. The SMILES string of the molecule is C/C(=C/c1ccc(F)c(C(F)(F)F)c1)CBr. The monoisotopic (exact) mass is 296 g/mol. The van der Waals surface area contributed by atoms with Crippen molar-refractivity contribution in [2.75, 3.05) is 5.33 Å². The van der Waals surface area contributed by atoms with E-state index in [0.717, 1.165) is 17.7 Å². The van der Waals surface area contributed by atoms with Crippen LogP contribution in [0.4, 0.5) is 17.6 Å². The van der Waals surface area contributed by atoms with Gasteiger partial charge in [0.1, 0.15) is 5.82 Å². The molecule has 0 amide bonds. The number of benzene rings is 1. The van der Waals surface area contributed by atoms with Crippen molar-refractivity contribution < 1.29 is 17.6 Å². The summed E-state index contributed by atoms with van der Waals surface area (Å²) < 4.78 is 50.1. The van der Waals surface area contributed by atoms with Crippen molar-refractivity contribution in [1.29, 1.82) is 0 Å². The van der Waals surface area contributed by atoms with E-state index in [0.29, 0.717) is 10.9 Å². The molecule has 0 aliphatic carbocycles. The van der Waals surface area contributed by atoms with Crippen molar-refractivity contribution in [1.82, 2.24) is 0 Å². The van der Waals surface area contributed by atoms with Gasteiger partial charge in [0.2, 0.25) is 0 Å². The summed E-state index contributed by atoms with van der Waals surface area (Å²) >= 11 is 3.18. The molecule has 16 heavy (non-hydrogen) atoms. The lowest BCUT2D eigenvalue weighted by Gasteiger charge is -2.08. The highest BCUT2D eigenvalue weighted by Crippen LogP contribution is 2.32. The fraction of sp³-hybridized carbons (Fsp3) is 0.273. The number of alkyl halides is 4. The Bertz CT molecular complexity index is 407. The fourth-order valence-corrected chi connectivity index (χ4v) is 1.33. The van der Waals surface area contributed by atoms with Crippen molar-refractivity contribution in [2.45, 2.75) is 13.1 Å². The summed E-state index contributed by atoms with van der Waals surface area (Å²) in [7, 11) is 0. The van der Waals surface area contributed by atoms with Crippen LogP contribution >= 0.6 is 15.9 Å². The summed E-state index contributed by atoms with van der Waals surface area (Å²) in [5.74, 6) is -1.25. The highest BCUT2D eigenvalue weighted by Gasteiger charge is 2.33. The summed E-state index contributed by atoms with van der Waals surface area (Å²) in [5.41, 5.74) is -0.0333. The van der Waals surface area contributed by atoms with Crippen molar-refractivity contribution >= 4 is 22.0 Å². The highest BCUT2D eigenvalue weighted by molar-refractivity contribution is 9.09. The number of hydrogen-bond donors (Lipinski definition) is 0. The van der Waals surface area contributed by atoms with E-state index >= 15 is 0 Å². The molecule has 0 heterocycles. The van der Waals surface area contributed by atoms with Crippen LogP contribution in [0.25, 0.3) is 6.08 Å². The second kappa shape index (κ2) is 4.99. The Labute approximate surface area is 99.1 Å². The van der Waals surface area contributed by atoms with Gasteiger partial charge >= 0.3 is 6.18 Å². The van der Waals surface area contributed by atoms with Crippen LogP contribution < -0.4 is 0 Å². The molecule has 0 unspecified atom stereocenters. The van der Waals surface area contributed by atoms with Gasteiger partial charge in [0.15, 0.2) is 0 Å². The predicted octanol–water partition coefficient (Wildman–Crippen LogP) is 4.64. The molecule has 88 valence electrons. The van der Waals surface area contributed by atoms with Crippen LogP contribution in [0.15, 0.2) is 23.8 Å². The first-order chi connectivity index (χ1) is 7.34. The number of halogens is 5. The zero-order chi connectivity index (χ0) is 12.3. The molecule has 0 aliphatic rings. The van der Waals surface area contributed by atoms with Crippen LogP contribution in [0.5, 0.6) is 0 Å². The van der Waals surface area contributed by atoms with E-state index in [1.165, 1.54) is 6.07 Å².